The van der Waals surface area contributed by atoms with Crippen LogP contribution in [0.2, 0.25) is 5.02 Å². The quantitative estimate of drug-likeness (QED) is 0.539. The second kappa shape index (κ2) is 7.96. The maximum Gasteiger partial charge on any atom is 0.244 e. The van der Waals surface area contributed by atoms with E-state index in [9.17, 15) is 4.79 Å². The number of fused-ring (bicyclic) bond motifs is 1. The fraction of sp³-hybridized carbons (Fsp3) is 0.391. The Bertz CT molecular complexity index is 863. The molecule has 0 unspecified atom stereocenters. The van der Waals surface area contributed by atoms with Crippen LogP contribution in [0.5, 0.6) is 5.75 Å². The fourth-order valence-electron chi connectivity index (χ4n) is 4.49. The van der Waals surface area contributed by atoms with Crippen molar-refractivity contribution in [1.29, 1.82) is 0 Å². The Labute approximate surface area is 170 Å². The van der Waals surface area contributed by atoms with Gasteiger partial charge in [-0.25, -0.2) is 5.43 Å². The average molecular weight is 397 g/mol. The normalized spacial score (nSPS) is 25.9. The standard InChI is InChI=1S/C23H25ClN2O2/c1-23-13-3-2-4-20(23)21(23)22(27)26-25-14-16-7-11-19(12-8-16)28-15-17-5-9-18(24)10-6-17/h5-12,14,20-21H,2-4,13,15H2,1H3,(H,26,27)/b25-14+/t20-,21+,23-/m0/s1. The molecule has 28 heavy (non-hydrogen) atoms. The van der Waals surface area contributed by atoms with E-state index in [1.54, 1.807) is 6.21 Å². The number of ether oxygens (including phenoxy) is 1. The molecule has 0 saturated heterocycles. The third-order valence-electron chi connectivity index (χ3n) is 6.20. The topological polar surface area (TPSA) is 50.7 Å². The number of halogens is 1. The summed E-state index contributed by atoms with van der Waals surface area (Å²) in [7, 11) is 0. The van der Waals surface area contributed by atoms with Crippen LogP contribution in [0.3, 0.4) is 0 Å². The molecule has 2 aliphatic rings. The van der Waals surface area contributed by atoms with Gasteiger partial charge in [0, 0.05) is 10.9 Å². The van der Waals surface area contributed by atoms with Crippen LogP contribution in [-0.2, 0) is 11.4 Å². The van der Waals surface area contributed by atoms with E-state index in [1.165, 1.54) is 19.3 Å². The van der Waals surface area contributed by atoms with Gasteiger partial charge in [-0.1, -0.05) is 43.5 Å². The van der Waals surface area contributed by atoms with E-state index in [1.807, 2.05) is 48.5 Å². The Morgan fingerprint density at radius 2 is 1.96 bits per heavy atom. The van der Waals surface area contributed by atoms with Gasteiger partial charge in [0.15, 0.2) is 0 Å². The van der Waals surface area contributed by atoms with Crippen LogP contribution in [0.25, 0.3) is 0 Å². The molecule has 2 saturated carbocycles. The van der Waals surface area contributed by atoms with E-state index in [2.05, 4.69) is 17.5 Å². The molecule has 3 atom stereocenters. The zero-order valence-electron chi connectivity index (χ0n) is 16.0. The Morgan fingerprint density at radius 1 is 1.21 bits per heavy atom. The molecule has 4 rings (SSSR count). The van der Waals surface area contributed by atoms with E-state index < -0.39 is 0 Å². The van der Waals surface area contributed by atoms with E-state index in [0.29, 0.717) is 17.5 Å². The second-order valence-electron chi connectivity index (χ2n) is 8.05. The lowest BCUT2D eigenvalue weighted by molar-refractivity contribution is -0.123. The number of hydrogen-bond acceptors (Lipinski definition) is 3. The van der Waals surface area contributed by atoms with Crippen LogP contribution in [0, 0.1) is 17.3 Å². The van der Waals surface area contributed by atoms with E-state index in [4.69, 9.17) is 16.3 Å². The van der Waals surface area contributed by atoms with Crippen LogP contribution in [0.4, 0.5) is 0 Å². The number of nitrogens with one attached hydrogen (secondary N) is 1. The van der Waals surface area contributed by atoms with Crippen molar-refractivity contribution in [2.24, 2.45) is 22.4 Å². The molecule has 0 spiro atoms. The first-order valence-electron chi connectivity index (χ1n) is 9.86. The molecule has 0 bridgehead atoms. The molecule has 2 aromatic rings. The summed E-state index contributed by atoms with van der Waals surface area (Å²) in [5.74, 6) is 1.53. The molecule has 4 nitrogen and oxygen atoms in total. The summed E-state index contributed by atoms with van der Waals surface area (Å²) < 4.78 is 5.78. The molecule has 0 aromatic heterocycles. The van der Waals surface area contributed by atoms with Crippen molar-refractivity contribution in [3.05, 3.63) is 64.7 Å². The van der Waals surface area contributed by atoms with Gasteiger partial charge >= 0.3 is 0 Å². The lowest BCUT2D eigenvalue weighted by Gasteiger charge is -2.15. The highest BCUT2D eigenvalue weighted by Gasteiger charge is 2.64. The molecule has 146 valence electrons. The fourth-order valence-corrected chi connectivity index (χ4v) is 4.61. The minimum Gasteiger partial charge on any atom is -0.489 e. The summed E-state index contributed by atoms with van der Waals surface area (Å²) >= 11 is 5.89. The monoisotopic (exact) mass is 396 g/mol. The molecule has 2 fully saturated rings. The highest BCUT2D eigenvalue weighted by molar-refractivity contribution is 6.30. The van der Waals surface area contributed by atoms with Crippen LogP contribution >= 0.6 is 11.6 Å². The van der Waals surface area contributed by atoms with Gasteiger partial charge in [-0.15, -0.1) is 0 Å². The summed E-state index contributed by atoms with van der Waals surface area (Å²) in [5.41, 5.74) is 4.92. The number of nitrogens with zero attached hydrogens (tertiary/aromatic N) is 1. The van der Waals surface area contributed by atoms with E-state index in [0.717, 1.165) is 23.3 Å². The van der Waals surface area contributed by atoms with Gasteiger partial charge in [-0.2, -0.15) is 5.10 Å². The molecule has 5 heteroatoms. The van der Waals surface area contributed by atoms with Crippen molar-refractivity contribution in [3.8, 4) is 5.75 Å². The zero-order valence-corrected chi connectivity index (χ0v) is 16.8. The lowest BCUT2D eigenvalue weighted by Crippen LogP contribution is -2.22. The molecular formula is C23H25ClN2O2. The van der Waals surface area contributed by atoms with Gasteiger partial charge in [-0.05, 0) is 71.7 Å². The number of amides is 1. The Hall–Kier alpha value is -2.33. The molecule has 1 N–H and O–H groups in total. The maximum absolute atomic E-state index is 12.4. The summed E-state index contributed by atoms with van der Waals surface area (Å²) in [6.07, 6.45) is 6.51. The van der Waals surface area contributed by atoms with Crippen molar-refractivity contribution in [1.82, 2.24) is 5.43 Å². The van der Waals surface area contributed by atoms with Crippen molar-refractivity contribution >= 4 is 23.7 Å². The minimum absolute atomic E-state index is 0.0635. The van der Waals surface area contributed by atoms with Gasteiger partial charge in [0.05, 0.1) is 6.21 Å². The van der Waals surface area contributed by atoms with Crippen molar-refractivity contribution < 1.29 is 9.53 Å². The van der Waals surface area contributed by atoms with Crippen LogP contribution in [0.15, 0.2) is 53.6 Å². The average Bonchev–Trinajstić information content (AvgIpc) is 3.34. The SMILES string of the molecule is C[C@]12CCCC[C@H]1[C@@H]2C(=O)N/N=C/c1ccc(OCc2ccc(Cl)cc2)cc1. The maximum atomic E-state index is 12.4. The molecular weight excluding hydrogens is 372 g/mol. The number of hydrogen-bond donors (Lipinski definition) is 1. The Balaban J connectivity index is 1.26. The van der Waals surface area contributed by atoms with Crippen molar-refractivity contribution in [2.75, 3.05) is 0 Å². The van der Waals surface area contributed by atoms with Gasteiger partial charge in [0.1, 0.15) is 12.4 Å². The molecule has 1 amide bonds. The van der Waals surface area contributed by atoms with E-state index in [-0.39, 0.29) is 17.2 Å². The van der Waals surface area contributed by atoms with Crippen LogP contribution in [-0.4, -0.2) is 12.1 Å². The summed E-state index contributed by atoms with van der Waals surface area (Å²) in [6, 6.07) is 15.2. The summed E-state index contributed by atoms with van der Waals surface area (Å²) in [5, 5.41) is 4.86. The number of rotatable bonds is 6. The van der Waals surface area contributed by atoms with Gasteiger partial charge in [0.2, 0.25) is 5.91 Å². The van der Waals surface area contributed by atoms with Crippen LogP contribution < -0.4 is 10.2 Å². The summed E-state index contributed by atoms with van der Waals surface area (Å²) in [6.45, 7) is 2.73. The molecule has 0 radical (unpaired) electrons. The first-order chi connectivity index (χ1) is 13.6. The van der Waals surface area contributed by atoms with Gasteiger partial charge in [-0.3, -0.25) is 4.79 Å². The Morgan fingerprint density at radius 3 is 2.64 bits per heavy atom. The Kier molecular flexibility index (Phi) is 5.40. The molecule has 2 aliphatic carbocycles. The third-order valence-corrected chi connectivity index (χ3v) is 6.45. The lowest BCUT2D eigenvalue weighted by atomic mass is 9.90. The number of carbonyl (C=O) groups is 1. The first-order valence-corrected chi connectivity index (χ1v) is 10.2. The van der Waals surface area contributed by atoms with Gasteiger partial charge < -0.3 is 4.74 Å². The number of carbonyl (C=O) groups excluding carboxylic acids is 1. The number of hydrazone groups is 1. The first kappa shape index (κ1) is 19.0. The van der Waals surface area contributed by atoms with E-state index >= 15 is 0 Å². The molecule has 2 aromatic carbocycles. The molecule has 0 heterocycles. The second-order valence-corrected chi connectivity index (χ2v) is 8.49. The van der Waals surface area contributed by atoms with Crippen molar-refractivity contribution in [2.45, 2.75) is 39.2 Å². The minimum atomic E-state index is 0.0635. The molecule has 0 aliphatic heterocycles. The number of benzene rings is 2. The highest BCUT2D eigenvalue weighted by atomic mass is 35.5. The largest absolute Gasteiger partial charge is 0.489 e. The summed E-state index contributed by atoms with van der Waals surface area (Å²) in [4.78, 5) is 12.4. The van der Waals surface area contributed by atoms with Crippen molar-refractivity contribution in [3.63, 3.8) is 0 Å². The predicted octanol–water partition coefficient (Wildman–Crippen LogP) is 5.20. The van der Waals surface area contributed by atoms with Crippen LogP contribution in [0.1, 0.15) is 43.7 Å². The van der Waals surface area contributed by atoms with Gasteiger partial charge in [0.25, 0.3) is 0 Å². The predicted molar refractivity (Wildman–Crippen MR) is 112 cm³/mol. The smallest absolute Gasteiger partial charge is 0.244 e. The third kappa shape index (κ3) is 4.07. The highest BCUT2D eigenvalue weighted by Crippen LogP contribution is 2.66. The zero-order chi connectivity index (χ0) is 19.6.